The van der Waals surface area contributed by atoms with Gasteiger partial charge < -0.3 is 4.74 Å². The number of benzene rings is 7. The van der Waals surface area contributed by atoms with Crippen molar-refractivity contribution in [2.75, 3.05) is 0 Å². The Bertz CT molecular complexity index is 3060. The summed E-state index contributed by atoms with van der Waals surface area (Å²) >= 11 is 0. The molecule has 3 heterocycles. The molecule has 9 aromatic rings. The number of para-hydroxylation sites is 1. The number of hydrogen-bond acceptors (Lipinski definition) is 4. The molecule has 0 amide bonds. The van der Waals surface area contributed by atoms with Crippen molar-refractivity contribution in [3.8, 4) is 78.7 Å². The van der Waals surface area contributed by atoms with Gasteiger partial charge in [-0.05, 0) is 100 Å². The van der Waals surface area contributed by atoms with Gasteiger partial charge in [0.1, 0.15) is 11.5 Å². The van der Waals surface area contributed by atoms with Crippen LogP contribution in [0.25, 0.3) is 67.2 Å². The zero-order valence-electron chi connectivity index (χ0n) is 32.1. The third kappa shape index (κ3) is 5.19. The van der Waals surface area contributed by atoms with Gasteiger partial charge in [-0.15, -0.1) is 0 Å². The predicted molar refractivity (Wildman–Crippen MR) is 234 cm³/mol. The van der Waals surface area contributed by atoms with Crippen molar-refractivity contribution in [3.63, 3.8) is 0 Å². The summed E-state index contributed by atoms with van der Waals surface area (Å²) in [6.07, 6.45) is 1.85. The van der Waals surface area contributed by atoms with E-state index >= 15 is 0 Å². The van der Waals surface area contributed by atoms with Crippen LogP contribution >= 0.6 is 0 Å². The molecule has 0 saturated heterocycles. The third-order valence-electron chi connectivity index (χ3n) is 11.9. The van der Waals surface area contributed by atoms with E-state index in [1.807, 2.05) is 37.4 Å². The molecule has 0 saturated carbocycles. The van der Waals surface area contributed by atoms with Crippen molar-refractivity contribution in [2.24, 2.45) is 0 Å². The van der Waals surface area contributed by atoms with Gasteiger partial charge >= 0.3 is 0 Å². The summed E-state index contributed by atoms with van der Waals surface area (Å²) in [7, 11) is 0. The van der Waals surface area contributed by atoms with Crippen LogP contribution in [0.1, 0.15) is 33.6 Å². The molecule has 11 rings (SSSR count). The smallest absolute Gasteiger partial charge is 0.160 e. The van der Waals surface area contributed by atoms with Gasteiger partial charge in [-0.1, -0.05) is 146 Å². The second kappa shape index (κ2) is 13.4. The van der Waals surface area contributed by atoms with E-state index < -0.39 is 5.41 Å². The van der Waals surface area contributed by atoms with Gasteiger partial charge in [-0.25, -0.2) is 9.97 Å². The first kappa shape index (κ1) is 33.9. The van der Waals surface area contributed by atoms with Gasteiger partial charge in [0.25, 0.3) is 0 Å². The molecule has 1 atom stereocenters. The first-order valence-corrected chi connectivity index (χ1v) is 19.8. The number of hydrogen-bond donors (Lipinski definition) is 0. The molecular formula is C54H37N3O. The van der Waals surface area contributed by atoms with Crippen molar-refractivity contribution in [3.05, 3.63) is 222 Å². The lowest BCUT2D eigenvalue weighted by molar-refractivity contribution is 0.436. The fourth-order valence-electron chi connectivity index (χ4n) is 9.35. The van der Waals surface area contributed by atoms with E-state index in [0.717, 1.165) is 56.4 Å². The van der Waals surface area contributed by atoms with E-state index in [-0.39, 0.29) is 0 Å². The molecule has 0 fully saturated rings. The van der Waals surface area contributed by atoms with Gasteiger partial charge in [0.05, 0.1) is 11.1 Å². The first-order chi connectivity index (χ1) is 28.6. The highest BCUT2D eigenvalue weighted by Gasteiger charge is 2.51. The average molecular weight is 744 g/mol. The van der Waals surface area contributed by atoms with Crippen molar-refractivity contribution in [1.29, 1.82) is 0 Å². The molecule has 4 heteroatoms. The molecule has 1 aliphatic heterocycles. The van der Waals surface area contributed by atoms with E-state index in [1.54, 1.807) is 0 Å². The van der Waals surface area contributed by atoms with Crippen molar-refractivity contribution in [1.82, 2.24) is 15.0 Å². The molecule has 0 radical (unpaired) electrons. The molecule has 1 unspecified atom stereocenters. The summed E-state index contributed by atoms with van der Waals surface area (Å²) in [6.45, 7) is 4.11. The molecular weight excluding hydrogens is 707 g/mol. The van der Waals surface area contributed by atoms with Crippen LogP contribution in [0.4, 0.5) is 0 Å². The summed E-state index contributed by atoms with van der Waals surface area (Å²) in [5, 5.41) is 0. The molecule has 2 aromatic heterocycles. The topological polar surface area (TPSA) is 47.9 Å². The quantitative estimate of drug-likeness (QED) is 0.176. The number of aromatic nitrogens is 3. The van der Waals surface area contributed by atoms with E-state index in [2.05, 4.69) is 170 Å². The van der Waals surface area contributed by atoms with Crippen molar-refractivity contribution < 1.29 is 4.74 Å². The minimum atomic E-state index is -0.644. The average Bonchev–Trinajstić information content (AvgIpc) is 3.57. The first-order valence-electron chi connectivity index (χ1n) is 19.8. The largest absolute Gasteiger partial charge is 0.457 e. The number of ether oxygens (including phenoxy) is 1. The van der Waals surface area contributed by atoms with E-state index in [9.17, 15) is 0 Å². The lowest BCUT2D eigenvalue weighted by atomic mass is 9.65. The van der Waals surface area contributed by atoms with Gasteiger partial charge in [-0.2, -0.15) is 0 Å². The summed E-state index contributed by atoms with van der Waals surface area (Å²) in [6, 6.07) is 64.9. The van der Waals surface area contributed by atoms with Crippen molar-refractivity contribution >= 4 is 0 Å². The molecule has 0 bridgehead atoms. The standard InChI is InChI=1S/C54H37N3O/c1-34-32-49(38-14-4-3-5-15-38)57-53(56-34)39-29-30-51-48(33-39)54(46-22-10-11-24-50(46)58-51)45-21-9-8-18-44(45)52-42(19-12-23-47(52)54)37-27-25-36(26-28-37)41-16-6-7-17-43(41)40-20-13-31-55-35(40)2/h3-33H,1-2H3. The van der Waals surface area contributed by atoms with Crippen molar-refractivity contribution in [2.45, 2.75) is 19.3 Å². The SMILES string of the molecule is Cc1cc(-c2ccccc2)nc(-c2ccc3c(c2)C2(c4ccccc4O3)c3ccccc3-c3c(-c4ccc(-c5ccccc5-c5cccnc5C)cc4)cccc32)n1. The van der Waals surface area contributed by atoms with Gasteiger partial charge in [-0.3, -0.25) is 4.98 Å². The number of aryl methyl sites for hydroxylation is 2. The Labute approximate surface area is 338 Å². The van der Waals surface area contributed by atoms with Crippen LogP contribution in [0.15, 0.2) is 188 Å². The summed E-state index contributed by atoms with van der Waals surface area (Å²) in [5.74, 6) is 2.38. The maximum Gasteiger partial charge on any atom is 0.160 e. The van der Waals surface area contributed by atoms with Gasteiger partial charge in [0.2, 0.25) is 0 Å². The Kier molecular flexibility index (Phi) is 7.80. The third-order valence-corrected chi connectivity index (χ3v) is 11.9. The molecule has 2 aliphatic rings. The summed E-state index contributed by atoms with van der Waals surface area (Å²) in [4.78, 5) is 14.7. The minimum absolute atomic E-state index is 0.644. The van der Waals surface area contributed by atoms with E-state index in [4.69, 9.17) is 14.7 Å². The summed E-state index contributed by atoms with van der Waals surface area (Å²) in [5.41, 5.74) is 18.4. The highest BCUT2D eigenvalue weighted by atomic mass is 16.5. The predicted octanol–water partition coefficient (Wildman–Crippen LogP) is 13.3. The highest BCUT2D eigenvalue weighted by molar-refractivity contribution is 5.97. The molecule has 58 heavy (non-hydrogen) atoms. The van der Waals surface area contributed by atoms with Gasteiger partial charge in [0, 0.05) is 45.4 Å². The normalized spacial score (nSPS) is 14.6. The second-order valence-corrected chi connectivity index (χ2v) is 15.2. The lowest BCUT2D eigenvalue weighted by Gasteiger charge is -2.39. The van der Waals surface area contributed by atoms with Crippen LogP contribution in [-0.2, 0) is 5.41 Å². The van der Waals surface area contributed by atoms with Crippen LogP contribution in [-0.4, -0.2) is 15.0 Å². The Balaban J connectivity index is 1.10. The van der Waals surface area contributed by atoms with E-state index in [1.165, 1.54) is 50.1 Å². The zero-order chi connectivity index (χ0) is 38.8. The second-order valence-electron chi connectivity index (χ2n) is 15.2. The maximum absolute atomic E-state index is 6.78. The molecule has 4 nitrogen and oxygen atoms in total. The lowest BCUT2D eigenvalue weighted by Crippen LogP contribution is -2.32. The molecule has 274 valence electrons. The Morgan fingerprint density at radius 2 is 1.03 bits per heavy atom. The van der Waals surface area contributed by atoms with Crippen LogP contribution in [0.2, 0.25) is 0 Å². The monoisotopic (exact) mass is 743 g/mol. The molecule has 7 aromatic carbocycles. The van der Waals surface area contributed by atoms with Crippen LogP contribution in [0.3, 0.4) is 0 Å². The fourth-order valence-corrected chi connectivity index (χ4v) is 9.35. The number of nitrogens with zero attached hydrogens (tertiary/aromatic N) is 3. The molecule has 0 N–H and O–H groups in total. The Morgan fingerprint density at radius 3 is 1.84 bits per heavy atom. The number of rotatable bonds is 5. The van der Waals surface area contributed by atoms with Crippen LogP contribution < -0.4 is 4.74 Å². The fraction of sp³-hybridized carbons (Fsp3) is 0.0556. The van der Waals surface area contributed by atoms with Gasteiger partial charge in [0.15, 0.2) is 5.82 Å². The highest BCUT2D eigenvalue weighted by Crippen LogP contribution is 2.63. The molecule has 1 aliphatic carbocycles. The van der Waals surface area contributed by atoms with Crippen LogP contribution in [0, 0.1) is 13.8 Å². The Hall–Kier alpha value is -7.43. The minimum Gasteiger partial charge on any atom is -0.457 e. The number of pyridine rings is 1. The van der Waals surface area contributed by atoms with Crippen LogP contribution in [0.5, 0.6) is 11.5 Å². The summed E-state index contributed by atoms with van der Waals surface area (Å²) < 4.78 is 6.78. The number of fused-ring (bicyclic) bond motifs is 9. The molecule has 1 spiro atoms. The maximum atomic E-state index is 6.78. The Morgan fingerprint density at radius 1 is 0.414 bits per heavy atom. The zero-order valence-corrected chi connectivity index (χ0v) is 32.1. The van der Waals surface area contributed by atoms with E-state index in [0.29, 0.717) is 5.82 Å².